The Morgan fingerprint density at radius 2 is 1.85 bits per heavy atom. The summed E-state index contributed by atoms with van der Waals surface area (Å²) in [7, 11) is 1.87. The van der Waals surface area contributed by atoms with Crippen LogP contribution in [0.4, 0.5) is 10.1 Å². The second kappa shape index (κ2) is 5.74. The number of carbonyl (C=O) groups excluding carboxylic acids is 1. The first kappa shape index (κ1) is 14.1. The molecule has 20 heavy (non-hydrogen) atoms. The number of rotatable bonds is 4. The average molecular weight is 273 g/mol. The van der Waals surface area contributed by atoms with Crippen LogP contribution in [-0.2, 0) is 6.54 Å². The van der Waals surface area contributed by atoms with E-state index in [1.54, 1.807) is 30.3 Å². The first-order valence-corrected chi connectivity index (χ1v) is 6.27. The molecule has 0 aliphatic heterocycles. The third-order valence-electron chi connectivity index (χ3n) is 3.13. The summed E-state index contributed by atoms with van der Waals surface area (Å²) in [5.74, 6) is -0.462. The molecular formula is C16H16FNO2. The van der Waals surface area contributed by atoms with Gasteiger partial charge < -0.3 is 10.0 Å². The second-order valence-corrected chi connectivity index (χ2v) is 4.74. The van der Waals surface area contributed by atoms with Gasteiger partial charge in [0.15, 0.2) is 5.78 Å². The molecule has 0 bridgehead atoms. The third-order valence-corrected chi connectivity index (χ3v) is 3.13. The van der Waals surface area contributed by atoms with E-state index in [1.807, 2.05) is 11.9 Å². The Morgan fingerprint density at radius 3 is 2.40 bits per heavy atom. The van der Waals surface area contributed by atoms with Crippen molar-refractivity contribution in [3.05, 3.63) is 59.4 Å². The lowest BCUT2D eigenvalue weighted by molar-refractivity contribution is 0.101. The highest BCUT2D eigenvalue weighted by Crippen LogP contribution is 2.25. The van der Waals surface area contributed by atoms with Crippen molar-refractivity contribution in [2.75, 3.05) is 11.9 Å². The van der Waals surface area contributed by atoms with Crippen LogP contribution in [0.5, 0.6) is 5.75 Å². The van der Waals surface area contributed by atoms with Gasteiger partial charge in [0.1, 0.15) is 11.6 Å². The summed E-state index contributed by atoms with van der Waals surface area (Å²) < 4.78 is 12.8. The second-order valence-electron chi connectivity index (χ2n) is 4.74. The number of halogens is 1. The third kappa shape index (κ3) is 3.15. The van der Waals surface area contributed by atoms with Crippen molar-refractivity contribution in [3.8, 4) is 5.75 Å². The van der Waals surface area contributed by atoms with Crippen molar-refractivity contribution in [2.45, 2.75) is 13.5 Å². The predicted molar refractivity (Wildman–Crippen MR) is 76.6 cm³/mol. The van der Waals surface area contributed by atoms with Crippen molar-refractivity contribution >= 4 is 11.5 Å². The summed E-state index contributed by atoms with van der Waals surface area (Å²) in [5.41, 5.74) is 2.06. The van der Waals surface area contributed by atoms with Gasteiger partial charge in [-0.05, 0) is 36.8 Å². The molecule has 2 aromatic rings. The standard InChI is InChI=1S/C16H16FNO2/c1-11(19)15-8-7-14(9-16(15)20)18(2)10-12-3-5-13(17)6-4-12/h3-9,20H,10H2,1-2H3. The van der Waals surface area contributed by atoms with Crippen molar-refractivity contribution < 1.29 is 14.3 Å². The monoisotopic (exact) mass is 273 g/mol. The van der Waals surface area contributed by atoms with E-state index in [0.717, 1.165) is 11.3 Å². The first-order chi connectivity index (χ1) is 9.47. The smallest absolute Gasteiger partial charge is 0.163 e. The summed E-state index contributed by atoms with van der Waals surface area (Å²) >= 11 is 0. The van der Waals surface area contributed by atoms with Gasteiger partial charge in [-0.3, -0.25) is 4.79 Å². The topological polar surface area (TPSA) is 40.5 Å². The van der Waals surface area contributed by atoms with E-state index in [1.165, 1.54) is 19.1 Å². The van der Waals surface area contributed by atoms with Crippen molar-refractivity contribution in [2.24, 2.45) is 0 Å². The van der Waals surface area contributed by atoms with Crippen LogP contribution in [0, 0.1) is 5.82 Å². The van der Waals surface area contributed by atoms with Crippen LogP contribution in [0.15, 0.2) is 42.5 Å². The number of phenols is 1. The van der Waals surface area contributed by atoms with E-state index in [9.17, 15) is 14.3 Å². The molecule has 3 nitrogen and oxygen atoms in total. The largest absolute Gasteiger partial charge is 0.507 e. The van der Waals surface area contributed by atoms with Gasteiger partial charge in [0.05, 0.1) is 5.56 Å². The van der Waals surface area contributed by atoms with Crippen LogP contribution in [0.2, 0.25) is 0 Å². The van der Waals surface area contributed by atoms with Crippen LogP contribution in [0.25, 0.3) is 0 Å². The quantitative estimate of drug-likeness (QED) is 0.868. The minimum Gasteiger partial charge on any atom is -0.507 e. The Kier molecular flexibility index (Phi) is 4.03. The fraction of sp³-hybridized carbons (Fsp3) is 0.188. The zero-order valence-corrected chi connectivity index (χ0v) is 11.4. The number of ketones is 1. The summed E-state index contributed by atoms with van der Waals surface area (Å²) in [6, 6.07) is 11.2. The molecule has 0 aliphatic rings. The highest BCUT2D eigenvalue weighted by molar-refractivity contribution is 5.97. The van der Waals surface area contributed by atoms with Crippen LogP contribution in [0.3, 0.4) is 0 Å². The maximum atomic E-state index is 12.8. The van der Waals surface area contributed by atoms with Gasteiger partial charge in [0, 0.05) is 25.3 Å². The number of phenolic OH excluding ortho intramolecular Hbond substituents is 1. The molecule has 2 aromatic carbocycles. The van der Waals surface area contributed by atoms with E-state index < -0.39 is 0 Å². The van der Waals surface area contributed by atoms with Gasteiger partial charge in [0.2, 0.25) is 0 Å². The summed E-state index contributed by atoms with van der Waals surface area (Å²) in [5, 5.41) is 9.82. The van der Waals surface area contributed by atoms with E-state index in [4.69, 9.17) is 0 Å². The number of hydrogen-bond acceptors (Lipinski definition) is 3. The lowest BCUT2D eigenvalue weighted by atomic mass is 10.1. The number of Topliss-reactive ketones (excluding diaryl/α,β-unsaturated/α-hetero) is 1. The Bertz CT molecular complexity index is 623. The molecule has 0 saturated carbocycles. The Hall–Kier alpha value is -2.36. The SMILES string of the molecule is CC(=O)c1ccc(N(C)Cc2ccc(F)cc2)cc1O. The highest BCUT2D eigenvalue weighted by Gasteiger charge is 2.09. The molecule has 0 fully saturated rings. The lowest BCUT2D eigenvalue weighted by Crippen LogP contribution is -2.16. The number of nitrogens with zero attached hydrogens (tertiary/aromatic N) is 1. The molecule has 0 aromatic heterocycles. The molecule has 104 valence electrons. The Balaban J connectivity index is 2.17. The van der Waals surface area contributed by atoms with E-state index in [0.29, 0.717) is 12.1 Å². The normalized spacial score (nSPS) is 10.3. The summed E-state index contributed by atoms with van der Waals surface area (Å²) in [6.45, 7) is 2.00. The molecule has 0 heterocycles. The molecule has 0 atom stereocenters. The van der Waals surface area contributed by atoms with Crippen molar-refractivity contribution in [1.29, 1.82) is 0 Å². The van der Waals surface area contributed by atoms with Gasteiger partial charge in [-0.15, -0.1) is 0 Å². The molecule has 0 saturated heterocycles. The predicted octanol–water partition coefficient (Wildman–Crippen LogP) is 3.37. The molecular weight excluding hydrogens is 257 g/mol. The van der Waals surface area contributed by atoms with E-state index in [2.05, 4.69) is 0 Å². The number of aromatic hydroxyl groups is 1. The lowest BCUT2D eigenvalue weighted by Gasteiger charge is -2.20. The number of carbonyl (C=O) groups is 1. The molecule has 4 heteroatoms. The zero-order valence-electron chi connectivity index (χ0n) is 11.4. The molecule has 0 spiro atoms. The molecule has 0 unspecified atom stereocenters. The molecule has 0 radical (unpaired) electrons. The van der Waals surface area contributed by atoms with Crippen molar-refractivity contribution in [1.82, 2.24) is 0 Å². The highest BCUT2D eigenvalue weighted by atomic mass is 19.1. The Morgan fingerprint density at radius 1 is 1.20 bits per heavy atom. The molecule has 0 aliphatic carbocycles. The first-order valence-electron chi connectivity index (χ1n) is 6.27. The minimum atomic E-state index is -0.264. The van der Waals surface area contributed by atoms with Crippen molar-refractivity contribution in [3.63, 3.8) is 0 Å². The van der Waals surface area contributed by atoms with E-state index in [-0.39, 0.29) is 17.3 Å². The van der Waals surface area contributed by atoms with Gasteiger partial charge in [-0.25, -0.2) is 4.39 Å². The number of benzene rings is 2. The van der Waals surface area contributed by atoms with Gasteiger partial charge in [-0.1, -0.05) is 12.1 Å². The number of hydrogen-bond donors (Lipinski definition) is 1. The summed E-state index contributed by atoms with van der Waals surface area (Å²) in [6.07, 6.45) is 0. The maximum absolute atomic E-state index is 12.8. The van der Waals surface area contributed by atoms with Gasteiger partial charge in [0.25, 0.3) is 0 Å². The van der Waals surface area contributed by atoms with Crippen LogP contribution in [0.1, 0.15) is 22.8 Å². The average Bonchev–Trinajstić information content (AvgIpc) is 2.40. The van der Waals surface area contributed by atoms with Crippen LogP contribution >= 0.6 is 0 Å². The molecule has 1 N–H and O–H groups in total. The molecule has 0 amide bonds. The maximum Gasteiger partial charge on any atom is 0.163 e. The van der Waals surface area contributed by atoms with E-state index >= 15 is 0 Å². The van der Waals surface area contributed by atoms with Gasteiger partial charge >= 0.3 is 0 Å². The summed E-state index contributed by atoms with van der Waals surface area (Å²) in [4.78, 5) is 13.2. The Labute approximate surface area is 117 Å². The van der Waals surface area contributed by atoms with Crippen LogP contribution < -0.4 is 4.90 Å². The fourth-order valence-corrected chi connectivity index (χ4v) is 2.01. The minimum absolute atomic E-state index is 0.0269. The number of anilines is 1. The fourth-order valence-electron chi connectivity index (χ4n) is 2.01. The zero-order chi connectivity index (χ0) is 14.7. The molecule has 2 rings (SSSR count). The van der Waals surface area contributed by atoms with Crippen LogP contribution in [-0.4, -0.2) is 17.9 Å². The van der Waals surface area contributed by atoms with Gasteiger partial charge in [-0.2, -0.15) is 0 Å².